The van der Waals surface area contributed by atoms with E-state index in [1.807, 2.05) is 0 Å². The number of hydrogen-bond acceptors (Lipinski definition) is 3. The van der Waals surface area contributed by atoms with Gasteiger partial charge in [0.2, 0.25) is 0 Å². The molecule has 12 heavy (non-hydrogen) atoms. The van der Waals surface area contributed by atoms with E-state index < -0.39 is 0 Å². The van der Waals surface area contributed by atoms with E-state index in [1.165, 1.54) is 0 Å². The van der Waals surface area contributed by atoms with Crippen LogP contribution in [0.5, 0.6) is 0 Å². The van der Waals surface area contributed by atoms with E-state index >= 15 is 0 Å². The summed E-state index contributed by atoms with van der Waals surface area (Å²) in [6.07, 6.45) is 0. The van der Waals surface area contributed by atoms with Crippen molar-refractivity contribution in [3.63, 3.8) is 0 Å². The molecular formula is C9H25N3. The molecule has 0 radical (unpaired) electrons. The monoisotopic (exact) mass is 175 g/mol. The average Bonchev–Trinajstić information content (AvgIpc) is 2.03. The summed E-state index contributed by atoms with van der Waals surface area (Å²) in [6, 6.07) is 0. The second-order valence-electron chi connectivity index (χ2n) is 3.45. The molecule has 0 aromatic heterocycles. The third-order valence-electron chi connectivity index (χ3n) is 1.95. The van der Waals surface area contributed by atoms with Gasteiger partial charge in [-0.05, 0) is 27.7 Å². The summed E-state index contributed by atoms with van der Waals surface area (Å²) in [5.41, 5.74) is 0. The summed E-state index contributed by atoms with van der Waals surface area (Å²) in [7, 11) is 6.34. The van der Waals surface area contributed by atoms with Crippen LogP contribution in [0.1, 0.15) is 8.35 Å². The maximum Gasteiger partial charge on any atom is 0.0104 e. The summed E-state index contributed by atoms with van der Waals surface area (Å²) in [6.45, 7) is 7.76. The molecule has 0 unspecified atom stereocenters. The average molecular weight is 175 g/mol. The molecule has 0 atom stereocenters. The quantitative estimate of drug-likeness (QED) is 0.563. The van der Waals surface area contributed by atoms with Crippen molar-refractivity contribution < 1.29 is 1.43 Å². The van der Waals surface area contributed by atoms with Crippen LogP contribution in [-0.2, 0) is 0 Å². The van der Waals surface area contributed by atoms with Gasteiger partial charge in [0, 0.05) is 27.6 Å². The van der Waals surface area contributed by atoms with E-state index in [4.69, 9.17) is 0 Å². The second kappa shape index (κ2) is 7.53. The first kappa shape index (κ1) is 11.9. The van der Waals surface area contributed by atoms with Crippen LogP contribution < -0.4 is 5.32 Å². The molecule has 0 rings (SSSR count). The van der Waals surface area contributed by atoms with E-state index in [0.717, 1.165) is 32.7 Å². The Bertz CT molecular complexity index is 98.9. The first-order valence-electron chi connectivity index (χ1n) is 4.70. The summed E-state index contributed by atoms with van der Waals surface area (Å²) in [5.74, 6) is 0. The van der Waals surface area contributed by atoms with Crippen LogP contribution >= 0.6 is 0 Å². The Kier molecular flexibility index (Phi) is 7.45. The van der Waals surface area contributed by atoms with Crippen LogP contribution in [0.3, 0.4) is 0 Å². The molecular weight excluding hydrogens is 150 g/mol. The fourth-order valence-electron chi connectivity index (χ4n) is 0.856. The van der Waals surface area contributed by atoms with Crippen molar-refractivity contribution in [2.75, 3.05) is 53.9 Å². The highest BCUT2D eigenvalue weighted by Gasteiger charge is 1.93. The zero-order chi connectivity index (χ0) is 9.40. The molecule has 1 N–H and O–H groups in total. The summed E-state index contributed by atoms with van der Waals surface area (Å²) >= 11 is 0. The summed E-state index contributed by atoms with van der Waals surface area (Å²) < 4.78 is 0. The van der Waals surface area contributed by atoms with Crippen LogP contribution in [-0.4, -0.2) is 63.7 Å². The Morgan fingerprint density at radius 1 is 1.08 bits per heavy atom. The predicted octanol–water partition coefficient (Wildman–Crippen LogP) is 0.335. The minimum absolute atomic E-state index is 0. The molecule has 0 saturated heterocycles. The molecule has 3 nitrogen and oxygen atoms in total. The third kappa shape index (κ3) is 7.98. The number of hydrogen-bond donors (Lipinski definition) is 1. The van der Waals surface area contributed by atoms with Crippen molar-refractivity contribution in [2.45, 2.75) is 6.92 Å². The normalized spacial score (nSPS) is 11.5. The molecule has 0 aromatic rings. The van der Waals surface area contributed by atoms with Gasteiger partial charge in [0.05, 0.1) is 0 Å². The fourth-order valence-corrected chi connectivity index (χ4v) is 0.856. The molecule has 76 valence electrons. The first-order valence-corrected chi connectivity index (χ1v) is 4.70. The molecule has 0 amide bonds. The molecule has 3 heteroatoms. The first-order chi connectivity index (χ1) is 5.66. The van der Waals surface area contributed by atoms with Gasteiger partial charge in [0.15, 0.2) is 0 Å². The second-order valence-corrected chi connectivity index (χ2v) is 3.45. The molecule has 0 aliphatic rings. The van der Waals surface area contributed by atoms with Crippen LogP contribution in [0.2, 0.25) is 0 Å². The topological polar surface area (TPSA) is 18.5 Å². The number of likely N-dealkylation sites (N-methyl/N-ethyl adjacent to an activating group) is 2. The van der Waals surface area contributed by atoms with Gasteiger partial charge < -0.3 is 15.1 Å². The molecule has 0 bridgehead atoms. The Hall–Kier alpha value is -0.120. The van der Waals surface area contributed by atoms with Crippen molar-refractivity contribution in [1.82, 2.24) is 15.1 Å². The van der Waals surface area contributed by atoms with E-state index in [2.05, 4.69) is 43.2 Å². The van der Waals surface area contributed by atoms with E-state index in [1.54, 1.807) is 0 Å². The number of rotatable bonds is 7. The highest BCUT2D eigenvalue weighted by molar-refractivity contribution is 4.54. The maximum atomic E-state index is 3.40. The lowest BCUT2D eigenvalue weighted by Gasteiger charge is -2.15. The van der Waals surface area contributed by atoms with Crippen LogP contribution in [0.15, 0.2) is 0 Å². The SMILES string of the molecule is CCN(C)CCNCCN(C)C.[HH]. The maximum absolute atomic E-state index is 3.40. The Balaban J connectivity index is 0. The van der Waals surface area contributed by atoms with Crippen molar-refractivity contribution in [1.29, 1.82) is 0 Å². The lowest BCUT2D eigenvalue weighted by molar-refractivity contribution is 0.340. The van der Waals surface area contributed by atoms with E-state index in [9.17, 15) is 0 Å². The highest BCUT2D eigenvalue weighted by atomic mass is 15.1. The smallest absolute Gasteiger partial charge is 0.0104 e. The van der Waals surface area contributed by atoms with Gasteiger partial charge in [-0.2, -0.15) is 0 Å². The zero-order valence-electron chi connectivity index (χ0n) is 8.93. The van der Waals surface area contributed by atoms with Gasteiger partial charge >= 0.3 is 0 Å². The van der Waals surface area contributed by atoms with E-state index in [-0.39, 0.29) is 1.43 Å². The highest BCUT2D eigenvalue weighted by Crippen LogP contribution is 1.77. The molecule has 0 heterocycles. The molecule has 0 aliphatic carbocycles. The van der Waals surface area contributed by atoms with Gasteiger partial charge in [0.25, 0.3) is 0 Å². The summed E-state index contributed by atoms with van der Waals surface area (Å²) in [4.78, 5) is 4.50. The van der Waals surface area contributed by atoms with Crippen LogP contribution in [0, 0.1) is 0 Å². The standard InChI is InChI=1S/C9H23N3.H2/c1-5-12(4)9-7-10-6-8-11(2)3;/h10H,5-9H2,1-4H3;1H. The zero-order valence-corrected chi connectivity index (χ0v) is 8.93. The molecule has 0 fully saturated rings. The minimum Gasteiger partial charge on any atom is -0.314 e. The number of nitrogens with one attached hydrogen (secondary N) is 1. The number of nitrogens with zero attached hydrogens (tertiary/aromatic N) is 2. The van der Waals surface area contributed by atoms with Gasteiger partial charge in [0.1, 0.15) is 0 Å². The van der Waals surface area contributed by atoms with Gasteiger partial charge in [-0.25, -0.2) is 0 Å². The predicted molar refractivity (Wildman–Crippen MR) is 56.7 cm³/mol. The fraction of sp³-hybridized carbons (Fsp3) is 1.00. The molecule has 0 saturated carbocycles. The van der Waals surface area contributed by atoms with Crippen LogP contribution in [0.4, 0.5) is 0 Å². The van der Waals surface area contributed by atoms with Gasteiger partial charge in [-0.3, -0.25) is 0 Å². The Labute approximate surface area is 78.2 Å². The van der Waals surface area contributed by atoms with Gasteiger partial charge in [-0.1, -0.05) is 6.92 Å². The molecule has 0 aliphatic heterocycles. The lowest BCUT2D eigenvalue weighted by atomic mass is 10.5. The van der Waals surface area contributed by atoms with E-state index in [0.29, 0.717) is 0 Å². The van der Waals surface area contributed by atoms with Crippen molar-refractivity contribution >= 4 is 0 Å². The molecule has 0 aromatic carbocycles. The van der Waals surface area contributed by atoms with Crippen molar-refractivity contribution in [2.24, 2.45) is 0 Å². The molecule has 0 spiro atoms. The largest absolute Gasteiger partial charge is 0.314 e. The van der Waals surface area contributed by atoms with Crippen molar-refractivity contribution in [3.8, 4) is 0 Å². The Morgan fingerprint density at radius 3 is 2.17 bits per heavy atom. The van der Waals surface area contributed by atoms with Crippen molar-refractivity contribution in [3.05, 3.63) is 0 Å². The van der Waals surface area contributed by atoms with Crippen LogP contribution in [0.25, 0.3) is 0 Å². The minimum atomic E-state index is 0. The lowest BCUT2D eigenvalue weighted by Crippen LogP contribution is -2.33. The Morgan fingerprint density at radius 2 is 1.67 bits per heavy atom. The van der Waals surface area contributed by atoms with Gasteiger partial charge in [-0.15, -0.1) is 0 Å². The summed E-state index contributed by atoms with van der Waals surface area (Å²) in [5, 5.41) is 3.40. The third-order valence-corrected chi connectivity index (χ3v) is 1.95.